The molecule has 24 heavy (non-hydrogen) atoms. The zero-order chi connectivity index (χ0) is 16.5. The van der Waals surface area contributed by atoms with Crippen LogP contribution < -0.4 is 0 Å². The second-order valence-corrected chi connectivity index (χ2v) is 6.65. The zero-order valence-electron chi connectivity index (χ0n) is 13.9. The minimum atomic E-state index is 0.564. The lowest BCUT2D eigenvalue weighted by Crippen LogP contribution is -2.04. The van der Waals surface area contributed by atoms with Gasteiger partial charge in [0.2, 0.25) is 0 Å². The Hall–Kier alpha value is -2.67. The van der Waals surface area contributed by atoms with Crippen molar-refractivity contribution in [2.75, 3.05) is 0 Å². The molecule has 1 aliphatic rings. The quantitative estimate of drug-likeness (QED) is 0.693. The van der Waals surface area contributed by atoms with Crippen LogP contribution in [0.2, 0.25) is 0 Å². The summed E-state index contributed by atoms with van der Waals surface area (Å²) in [4.78, 5) is 4.68. The van der Waals surface area contributed by atoms with Crippen molar-refractivity contribution < 1.29 is 0 Å². The molecule has 2 heterocycles. The Labute approximate surface area is 141 Å². The van der Waals surface area contributed by atoms with Crippen molar-refractivity contribution in [1.82, 2.24) is 14.6 Å². The number of fused-ring (bicyclic) bond motifs is 1. The molecule has 1 saturated carbocycles. The minimum Gasteiger partial charge on any atom is -0.249 e. The van der Waals surface area contributed by atoms with Crippen LogP contribution in [0.4, 0.5) is 0 Å². The second-order valence-electron chi connectivity index (χ2n) is 6.65. The molecule has 120 valence electrons. The molecule has 4 nitrogen and oxygen atoms in total. The molecule has 2 aromatic heterocycles. The molecule has 0 N–H and O–H groups in total. The molecule has 1 aliphatic carbocycles. The van der Waals surface area contributed by atoms with E-state index in [2.05, 4.69) is 40.4 Å². The van der Waals surface area contributed by atoms with Gasteiger partial charge in [-0.15, -0.1) is 0 Å². The smallest absolute Gasteiger partial charge is 0.110 e. The normalized spacial score (nSPS) is 15.5. The van der Waals surface area contributed by atoms with E-state index in [0.717, 1.165) is 22.5 Å². The van der Waals surface area contributed by atoms with Gasteiger partial charge in [-0.3, -0.25) is 0 Å². The number of hydrogen-bond acceptors (Lipinski definition) is 3. The highest BCUT2D eigenvalue weighted by atomic mass is 15.2. The first-order chi connectivity index (χ1) is 11.8. The maximum Gasteiger partial charge on any atom is 0.110 e. The van der Waals surface area contributed by atoms with Crippen molar-refractivity contribution in [2.45, 2.75) is 44.9 Å². The number of nitrogens with zero attached hydrogens (tertiary/aromatic N) is 4. The van der Waals surface area contributed by atoms with Crippen LogP contribution in [-0.2, 0) is 0 Å². The topological polar surface area (TPSA) is 54.0 Å². The summed E-state index contributed by atoms with van der Waals surface area (Å²) in [6, 6.07) is 11.0. The van der Waals surface area contributed by atoms with E-state index >= 15 is 0 Å². The number of benzene rings is 1. The monoisotopic (exact) mass is 316 g/mol. The number of aryl methyl sites for hydroxylation is 1. The van der Waals surface area contributed by atoms with Crippen molar-refractivity contribution in [3.63, 3.8) is 0 Å². The first-order valence-corrected chi connectivity index (χ1v) is 8.61. The molecular formula is C20H20N4. The maximum absolute atomic E-state index is 9.35. The van der Waals surface area contributed by atoms with Crippen LogP contribution in [0.15, 0.2) is 36.7 Å². The molecule has 0 aliphatic heterocycles. The molecule has 0 saturated heterocycles. The van der Waals surface area contributed by atoms with Gasteiger partial charge in [-0.25, -0.2) is 9.50 Å². The van der Waals surface area contributed by atoms with Crippen molar-refractivity contribution in [2.24, 2.45) is 0 Å². The summed E-state index contributed by atoms with van der Waals surface area (Å²) in [5.74, 6) is 0.697. The van der Waals surface area contributed by atoms with Crippen LogP contribution in [0.5, 0.6) is 0 Å². The predicted octanol–water partition coefficient (Wildman–Crippen LogP) is 4.62. The lowest BCUT2D eigenvalue weighted by Gasteiger charge is -2.22. The van der Waals surface area contributed by atoms with Crippen molar-refractivity contribution in [3.05, 3.63) is 53.5 Å². The summed E-state index contributed by atoms with van der Waals surface area (Å²) >= 11 is 0. The Kier molecular flexibility index (Phi) is 3.78. The van der Waals surface area contributed by atoms with Crippen LogP contribution in [0.1, 0.15) is 54.8 Å². The lowest BCUT2D eigenvalue weighted by atomic mass is 9.84. The van der Waals surface area contributed by atoms with E-state index in [-0.39, 0.29) is 0 Å². The SMILES string of the molecule is Cc1cn2ncc(C#N)c2c(-c2ccc(C3CCCCC3)cc2)n1. The number of nitriles is 1. The van der Waals surface area contributed by atoms with Crippen LogP contribution in [0, 0.1) is 18.3 Å². The molecule has 4 heteroatoms. The molecular weight excluding hydrogens is 296 g/mol. The molecule has 0 unspecified atom stereocenters. The lowest BCUT2D eigenvalue weighted by molar-refractivity contribution is 0.443. The van der Waals surface area contributed by atoms with Crippen molar-refractivity contribution in [1.29, 1.82) is 5.26 Å². The van der Waals surface area contributed by atoms with Crippen LogP contribution in [0.3, 0.4) is 0 Å². The first-order valence-electron chi connectivity index (χ1n) is 8.61. The molecule has 0 atom stereocenters. The van der Waals surface area contributed by atoms with Gasteiger partial charge in [-0.2, -0.15) is 10.4 Å². The van der Waals surface area contributed by atoms with E-state index < -0.39 is 0 Å². The fourth-order valence-corrected chi connectivity index (χ4v) is 3.76. The van der Waals surface area contributed by atoms with Crippen LogP contribution in [-0.4, -0.2) is 14.6 Å². The number of aromatic nitrogens is 3. The Balaban J connectivity index is 1.77. The summed E-state index contributed by atoms with van der Waals surface area (Å²) in [5.41, 5.74) is 5.54. The Bertz CT molecular complexity index is 909. The van der Waals surface area contributed by atoms with Gasteiger partial charge >= 0.3 is 0 Å². The molecule has 0 spiro atoms. The van der Waals surface area contributed by atoms with Crippen LogP contribution >= 0.6 is 0 Å². The van der Waals surface area contributed by atoms with Crippen LogP contribution in [0.25, 0.3) is 16.8 Å². The summed E-state index contributed by atoms with van der Waals surface area (Å²) in [6.07, 6.45) is 10.1. The minimum absolute atomic E-state index is 0.564. The third-order valence-corrected chi connectivity index (χ3v) is 5.00. The average molecular weight is 316 g/mol. The molecule has 0 radical (unpaired) electrons. The highest BCUT2D eigenvalue weighted by Gasteiger charge is 2.17. The van der Waals surface area contributed by atoms with Crippen molar-refractivity contribution in [3.8, 4) is 17.3 Å². The Morgan fingerprint density at radius 2 is 1.88 bits per heavy atom. The molecule has 3 aromatic rings. The molecule has 0 bridgehead atoms. The van der Waals surface area contributed by atoms with E-state index in [1.165, 1.54) is 37.7 Å². The fourth-order valence-electron chi connectivity index (χ4n) is 3.76. The summed E-state index contributed by atoms with van der Waals surface area (Å²) in [5, 5.41) is 13.6. The van der Waals surface area contributed by atoms with Crippen molar-refractivity contribution >= 4 is 5.52 Å². The van der Waals surface area contributed by atoms with E-state index in [1.54, 1.807) is 10.7 Å². The van der Waals surface area contributed by atoms with Gasteiger partial charge in [0.25, 0.3) is 0 Å². The summed E-state index contributed by atoms with van der Waals surface area (Å²) in [7, 11) is 0. The second kappa shape index (κ2) is 6.09. The third-order valence-electron chi connectivity index (χ3n) is 5.00. The highest BCUT2D eigenvalue weighted by Crippen LogP contribution is 2.34. The van der Waals surface area contributed by atoms with Gasteiger partial charge in [0, 0.05) is 5.56 Å². The average Bonchev–Trinajstić information content (AvgIpc) is 3.05. The molecule has 1 fully saturated rings. The van der Waals surface area contributed by atoms with E-state index in [1.807, 2.05) is 13.1 Å². The summed E-state index contributed by atoms with van der Waals surface area (Å²) < 4.78 is 1.76. The number of rotatable bonds is 2. The van der Waals surface area contributed by atoms with E-state index in [4.69, 9.17) is 0 Å². The third kappa shape index (κ3) is 2.56. The van der Waals surface area contributed by atoms with Gasteiger partial charge in [0.05, 0.1) is 23.8 Å². The Morgan fingerprint density at radius 1 is 1.12 bits per heavy atom. The standard InChI is InChI=1S/C20H20N4/c1-14-13-24-20(18(11-21)12-22-24)19(23-14)17-9-7-16(8-10-17)15-5-3-2-4-6-15/h7-10,12-13,15H,2-6H2,1H3. The maximum atomic E-state index is 9.35. The van der Waals surface area contributed by atoms with E-state index in [0.29, 0.717) is 11.5 Å². The number of hydrogen-bond donors (Lipinski definition) is 0. The first kappa shape index (κ1) is 14.9. The molecule has 1 aromatic carbocycles. The van der Waals surface area contributed by atoms with E-state index in [9.17, 15) is 5.26 Å². The van der Waals surface area contributed by atoms with Gasteiger partial charge in [-0.1, -0.05) is 43.5 Å². The van der Waals surface area contributed by atoms with Gasteiger partial charge < -0.3 is 0 Å². The highest BCUT2D eigenvalue weighted by molar-refractivity contribution is 5.81. The van der Waals surface area contributed by atoms with Gasteiger partial charge in [0.15, 0.2) is 0 Å². The van der Waals surface area contributed by atoms with Gasteiger partial charge in [-0.05, 0) is 31.2 Å². The zero-order valence-corrected chi connectivity index (χ0v) is 13.9. The fraction of sp³-hybridized carbons (Fsp3) is 0.350. The van der Waals surface area contributed by atoms with Gasteiger partial charge in [0.1, 0.15) is 17.1 Å². The Morgan fingerprint density at radius 3 is 2.58 bits per heavy atom. The molecule has 4 rings (SSSR count). The predicted molar refractivity (Wildman–Crippen MR) is 93.7 cm³/mol. The summed E-state index contributed by atoms with van der Waals surface area (Å²) in [6.45, 7) is 1.95. The largest absolute Gasteiger partial charge is 0.249 e. The molecule has 0 amide bonds.